The second-order valence-electron chi connectivity index (χ2n) is 3.51. The first-order valence-electron chi connectivity index (χ1n) is 4.89. The first-order chi connectivity index (χ1) is 7.70. The maximum absolute atomic E-state index is 13.1. The SMILES string of the molecule is OCc1ccccc1-c1cc(O)cc(F)c1. The van der Waals surface area contributed by atoms with Crippen LogP contribution in [0.25, 0.3) is 11.1 Å². The molecule has 0 spiro atoms. The Morgan fingerprint density at radius 1 is 1.06 bits per heavy atom. The van der Waals surface area contributed by atoms with Crippen LogP contribution in [0.5, 0.6) is 5.75 Å². The van der Waals surface area contributed by atoms with Gasteiger partial charge in [-0.05, 0) is 28.8 Å². The fourth-order valence-electron chi connectivity index (χ4n) is 1.67. The minimum Gasteiger partial charge on any atom is -0.508 e. The fourth-order valence-corrected chi connectivity index (χ4v) is 1.67. The topological polar surface area (TPSA) is 40.5 Å². The van der Waals surface area contributed by atoms with Gasteiger partial charge in [-0.1, -0.05) is 24.3 Å². The van der Waals surface area contributed by atoms with Crippen molar-refractivity contribution in [2.24, 2.45) is 0 Å². The molecule has 0 aliphatic rings. The van der Waals surface area contributed by atoms with E-state index in [9.17, 15) is 9.50 Å². The van der Waals surface area contributed by atoms with Crippen molar-refractivity contribution in [3.8, 4) is 16.9 Å². The molecule has 82 valence electrons. The Morgan fingerprint density at radius 3 is 2.50 bits per heavy atom. The van der Waals surface area contributed by atoms with Crippen LogP contribution in [-0.4, -0.2) is 10.2 Å². The zero-order valence-electron chi connectivity index (χ0n) is 8.52. The zero-order chi connectivity index (χ0) is 11.5. The molecule has 0 atom stereocenters. The highest BCUT2D eigenvalue weighted by Gasteiger charge is 2.06. The van der Waals surface area contributed by atoms with Crippen LogP contribution < -0.4 is 0 Å². The van der Waals surface area contributed by atoms with E-state index in [-0.39, 0.29) is 12.4 Å². The molecular weight excluding hydrogens is 207 g/mol. The average Bonchev–Trinajstić information content (AvgIpc) is 2.27. The van der Waals surface area contributed by atoms with Crippen molar-refractivity contribution in [1.82, 2.24) is 0 Å². The Kier molecular flexibility index (Phi) is 2.88. The van der Waals surface area contributed by atoms with E-state index in [1.165, 1.54) is 12.1 Å². The molecule has 0 unspecified atom stereocenters. The largest absolute Gasteiger partial charge is 0.508 e. The molecule has 0 bridgehead atoms. The Morgan fingerprint density at radius 2 is 1.81 bits per heavy atom. The van der Waals surface area contributed by atoms with Gasteiger partial charge in [-0.15, -0.1) is 0 Å². The van der Waals surface area contributed by atoms with Gasteiger partial charge in [0.1, 0.15) is 11.6 Å². The molecule has 2 aromatic carbocycles. The third kappa shape index (κ3) is 2.04. The van der Waals surface area contributed by atoms with Crippen molar-refractivity contribution in [2.45, 2.75) is 6.61 Å². The number of hydrogen-bond acceptors (Lipinski definition) is 2. The number of phenolic OH excluding ortho intramolecular Hbond substituents is 1. The summed E-state index contributed by atoms with van der Waals surface area (Å²) < 4.78 is 13.1. The molecule has 0 amide bonds. The summed E-state index contributed by atoms with van der Waals surface area (Å²) in [6, 6.07) is 11.0. The van der Waals surface area contributed by atoms with Crippen LogP contribution in [0, 0.1) is 5.82 Å². The molecule has 3 heteroatoms. The Hall–Kier alpha value is -1.87. The third-order valence-corrected chi connectivity index (χ3v) is 2.38. The van der Waals surface area contributed by atoms with Gasteiger partial charge in [-0.3, -0.25) is 0 Å². The van der Waals surface area contributed by atoms with Crippen molar-refractivity contribution in [1.29, 1.82) is 0 Å². The molecule has 0 aliphatic carbocycles. The standard InChI is InChI=1S/C13H11FO2/c14-11-5-10(6-12(16)7-11)13-4-2-1-3-9(13)8-15/h1-7,15-16H,8H2. The van der Waals surface area contributed by atoms with Gasteiger partial charge in [-0.2, -0.15) is 0 Å². The van der Waals surface area contributed by atoms with Crippen LogP contribution in [0.1, 0.15) is 5.56 Å². The molecule has 0 aliphatic heterocycles. The molecule has 0 radical (unpaired) electrons. The molecular formula is C13H11FO2. The molecule has 2 nitrogen and oxygen atoms in total. The van der Waals surface area contributed by atoms with Gasteiger partial charge in [0.25, 0.3) is 0 Å². The Bertz CT molecular complexity index is 489. The van der Waals surface area contributed by atoms with Crippen molar-refractivity contribution >= 4 is 0 Å². The second-order valence-corrected chi connectivity index (χ2v) is 3.51. The van der Waals surface area contributed by atoms with Crippen molar-refractivity contribution in [3.05, 3.63) is 53.8 Å². The summed E-state index contributed by atoms with van der Waals surface area (Å²) in [5.41, 5.74) is 1.98. The summed E-state index contributed by atoms with van der Waals surface area (Å²) in [4.78, 5) is 0. The van der Waals surface area contributed by atoms with Crippen LogP contribution >= 0.6 is 0 Å². The summed E-state index contributed by atoms with van der Waals surface area (Å²) in [5, 5.41) is 18.5. The predicted octanol–water partition coefficient (Wildman–Crippen LogP) is 2.69. The molecule has 0 fully saturated rings. The fraction of sp³-hybridized carbons (Fsp3) is 0.0769. The second kappa shape index (κ2) is 4.33. The lowest BCUT2D eigenvalue weighted by atomic mass is 10.00. The van der Waals surface area contributed by atoms with E-state index in [1.807, 2.05) is 0 Å². The van der Waals surface area contributed by atoms with Crippen LogP contribution in [0.2, 0.25) is 0 Å². The quantitative estimate of drug-likeness (QED) is 0.813. The molecule has 2 N–H and O–H groups in total. The lowest BCUT2D eigenvalue weighted by Gasteiger charge is -2.07. The number of hydrogen-bond donors (Lipinski definition) is 2. The monoisotopic (exact) mass is 218 g/mol. The number of aliphatic hydroxyl groups is 1. The number of benzene rings is 2. The highest BCUT2D eigenvalue weighted by Crippen LogP contribution is 2.27. The first-order valence-corrected chi connectivity index (χ1v) is 4.89. The van der Waals surface area contributed by atoms with Crippen molar-refractivity contribution in [3.63, 3.8) is 0 Å². The van der Waals surface area contributed by atoms with Crippen LogP contribution in [-0.2, 0) is 6.61 Å². The minimum atomic E-state index is -0.497. The number of rotatable bonds is 2. The van der Waals surface area contributed by atoms with Gasteiger partial charge >= 0.3 is 0 Å². The number of aliphatic hydroxyl groups excluding tert-OH is 1. The normalized spacial score (nSPS) is 10.4. The van der Waals surface area contributed by atoms with Crippen LogP contribution in [0.15, 0.2) is 42.5 Å². The Balaban J connectivity index is 2.58. The van der Waals surface area contributed by atoms with E-state index in [4.69, 9.17) is 5.11 Å². The molecule has 0 saturated carbocycles. The van der Waals surface area contributed by atoms with E-state index in [0.29, 0.717) is 11.1 Å². The van der Waals surface area contributed by atoms with Gasteiger partial charge in [0.15, 0.2) is 0 Å². The Labute approximate surface area is 92.6 Å². The highest BCUT2D eigenvalue weighted by atomic mass is 19.1. The van der Waals surface area contributed by atoms with Crippen LogP contribution in [0.3, 0.4) is 0 Å². The van der Waals surface area contributed by atoms with Gasteiger partial charge < -0.3 is 10.2 Å². The molecule has 0 aromatic heterocycles. The number of phenols is 1. The first kappa shape index (κ1) is 10.6. The maximum atomic E-state index is 13.1. The zero-order valence-corrected chi connectivity index (χ0v) is 8.52. The van der Waals surface area contributed by atoms with Gasteiger partial charge in [0, 0.05) is 6.07 Å². The predicted molar refractivity (Wildman–Crippen MR) is 59.4 cm³/mol. The molecule has 2 rings (SSSR count). The van der Waals surface area contributed by atoms with E-state index >= 15 is 0 Å². The average molecular weight is 218 g/mol. The van der Waals surface area contributed by atoms with E-state index in [0.717, 1.165) is 11.6 Å². The molecule has 2 aromatic rings. The third-order valence-electron chi connectivity index (χ3n) is 2.38. The smallest absolute Gasteiger partial charge is 0.127 e. The molecule has 0 saturated heterocycles. The summed E-state index contributed by atoms with van der Waals surface area (Å²) >= 11 is 0. The molecule has 16 heavy (non-hydrogen) atoms. The number of halogens is 1. The van der Waals surface area contributed by atoms with Gasteiger partial charge in [0.05, 0.1) is 6.61 Å². The number of aromatic hydroxyl groups is 1. The van der Waals surface area contributed by atoms with Gasteiger partial charge in [0.2, 0.25) is 0 Å². The maximum Gasteiger partial charge on any atom is 0.127 e. The minimum absolute atomic E-state index is 0.118. The lowest BCUT2D eigenvalue weighted by molar-refractivity contribution is 0.282. The summed E-state index contributed by atoms with van der Waals surface area (Å²) in [6.45, 7) is -0.118. The summed E-state index contributed by atoms with van der Waals surface area (Å²) in [6.07, 6.45) is 0. The van der Waals surface area contributed by atoms with E-state index < -0.39 is 5.82 Å². The summed E-state index contributed by atoms with van der Waals surface area (Å²) in [5.74, 6) is -0.620. The lowest BCUT2D eigenvalue weighted by Crippen LogP contribution is -1.89. The van der Waals surface area contributed by atoms with Crippen LogP contribution in [0.4, 0.5) is 4.39 Å². The molecule has 0 heterocycles. The van der Waals surface area contributed by atoms with E-state index in [1.54, 1.807) is 24.3 Å². The van der Waals surface area contributed by atoms with Crippen molar-refractivity contribution < 1.29 is 14.6 Å². The summed E-state index contributed by atoms with van der Waals surface area (Å²) in [7, 11) is 0. The van der Waals surface area contributed by atoms with Gasteiger partial charge in [-0.25, -0.2) is 4.39 Å². The van der Waals surface area contributed by atoms with Crippen molar-refractivity contribution in [2.75, 3.05) is 0 Å². The highest BCUT2D eigenvalue weighted by molar-refractivity contribution is 5.68. The van der Waals surface area contributed by atoms with E-state index in [2.05, 4.69) is 0 Å².